The van der Waals surface area contributed by atoms with Crippen LogP contribution >= 0.6 is 0 Å². The molecule has 0 saturated carbocycles. The van der Waals surface area contributed by atoms with Gasteiger partial charge in [0.2, 0.25) is 0 Å². The molecule has 0 atom stereocenters. The Hall–Kier alpha value is -2.43. The van der Waals surface area contributed by atoms with E-state index in [0.29, 0.717) is 17.8 Å². The number of carboxylic acids is 1. The summed E-state index contributed by atoms with van der Waals surface area (Å²) in [7, 11) is 0. The number of pyridine rings is 1. The van der Waals surface area contributed by atoms with Crippen molar-refractivity contribution in [1.82, 2.24) is 4.98 Å². The molecule has 0 spiro atoms. The second kappa shape index (κ2) is 5.95. The van der Waals surface area contributed by atoms with Gasteiger partial charge in [0.1, 0.15) is 5.82 Å². The Morgan fingerprint density at radius 2 is 2.00 bits per heavy atom. The third kappa shape index (κ3) is 3.77. The summed E-state index contributed by atoms with van der Waals surface area (Å²) in [5.74, 6) is -1.43. The maximum absolute atomic E-state index is 13.1. The summed E-state index contributed by atoms with van der Waals surface area (Å²) in [5, 5.41) is 11.9. The summed E-state index contributed by atoms with van der Waals surface area (Å²) in [4.78, 5) is 14.7. The minimum atomic E-state index is -0.988. The molecule has 2 N–H and O–H groups in total. The summed E-state index contributed by atoms with van der Waals surface area (Å²) in [6, 6.07) is 7.80. The molecule has 0 bridgehead atoms. The molecular formula is C14H13FN2O2. The Balaban J connectivity index is 2.13. The Kier molecular flexibility index (Phi) is 4.07. The molecule has 19 heavy (non-hydrogen) atoms. The highest BCUT2D eigenvalue weighted by atomic mass is 19.1. The van der Waals surface area contributed by atoms with Gasteiger partial charge in [0.15, 0.2) is 0 Å². The van der Waals surface area contributed by atoms with Gasteiger partial charge in [-0.15, -0.1) is 0 Å². The van der Waals surface area contributed by atoms with Gasteiger partial charge in [0.25, 0.3) is 0 Å². The number of aromatic nitrogens is 1. The van der Waals surface area contributed by atoms with E-state index in [1.54, 1.807) is 18.5 Å². The first-order chi connectivity index (χ1) is 9.15. The number of hydrogen-bond donors (Lipinski definition) is 2. The van der Waals surface area contributed by atoms with E-state index in [1.807, 2.05) is 12.1 Å². The molecule has 1 aromatic carbocycles. The van der Waals surface area contributed by atoms with Crippen molar-refractivity contribution in [1.29, 1.82) is 0 Å². The Bertz CT molecular complexity index is 573. The summed E-state index contributed by atoms with van der Waals surface area (Å²) in [5.41, 5.74) is 2.07. The van der Waals surface area contributed by atoms with Crippen molar-refractivity contribution in [3.63, 3.8) is 0 Å². The topological polar surface area (TPSA) is 62.2 Å². The molecule has 0 amide bonds. The second-order valence-corrected chi connectivity index (χ2v) is 4.08. The average Bonchev–Trinajstić information content (AvgIpc) is 2.38. The van der Waals surface area contributed by atoms with Crippen LogP contribution < -0.4 is 5.32 Å². The third-order valence-corrected chi connectivity index (χ3v) is 2.64. The highest BCUT2D eigenvalue weighted by Gasteiger charge is 2.08. The van der Waals surface area contributed by atoms with E-state index < -0.39 is 11.8 Å². The first kappa shape index (κ1) is 13.0. The van der Waals surface area contributed by atoms with Gasteiger partial charge in [-0.2, -0.15) is 0 Å². The van der Waals surface area contributed by atoms with Gasteiger partial charge in [-0.05, 0) is 41.5 Å². The van der Waals surface area contributed by atoms with E-state index in [1.165, 1.54) is 12.1 Å². The minimum Gasteiger partial charge on any atom is -0.481 e. The molecule has 0 saturated heterocycles. The summed E-state index contributed by atoms with van der Waals surface area (Å²) in [6.07, 6.45) is 3.15. The molecule has 1 heterocycles. The lowest BCUT2D eigenvalue weighted by Gasteiger charge is -2.11. The fraction of sp³-hybridized carbons (Fsp3) is 0.143. The van der Waals surface area contributed by atoms with E-state index >= 15 is 0 Å². The predicted octanol–water partition coefficient (Wildman–Crippen LogP) is 2.46. The van der Waals surface area contributed by atoms with E-state index in [0.717, 1.165) is 5.56 Å². The van der Waals surface area contributed by atoms with E-state index in [2.05, 4.69) is 10.3 Å². The second-order valence-electron chi connectivity index (χ2n) is 4.08. The lowest BCUT2D eigenvalue weighted by molar-refractivity contribution is -0.136. The van der Waals surface area contributed by atoms with Crippen LogP contribution in [0.25, 0.3) is 0 Å². The molecule has 0 unspecified atom stereocenters. The molecule has 1 aromatic heterocycles. The number of nitrogens with one attached hydrogen (secondary N) is 1. The quantitative estimate of drug-likeness (QED) is 0.866. The van der Waals surface area contributed by atoms with Crippen LogP contribution in [0.5, 0.6) is 0 Å². The zero-order valence-electron chi connectivity index (χ0n) is 10.1. The van der Waals surface area contributed by atoms with Gasteiger partial charge in [-0.1, -0.05) is 0 Å². The van der Waals surface area contributed by atoms with Crippen molar-refractivity contribution in [2.45, 2.75) is 13.0 Å². The molecule has 0 fully saturated rings. The van der Waals surface area contributed by atoms with Crippen molar-refractivity contribution < 1.29 is 14.3 Å². The average molecular weight is 260 g/mol. The monoisotopic (exact) mass is 260 g/mol. The number of aliphatic carboxylic acids is 1. The van der Waals surface area contributed by atoms with Crippen molar-refractivity contribution in [3.05, 3.63) is 59.7 Å². The van der Waals surface area contributed by atoms with Crippen molar-refractivity contribution in [3.8, 4) is 0 Å². The largest absolute Gasteiger partial charge is 0.481 e. The molecular weight excluding hydrogens is 247 g/mol. The van der Waals surface area contributed by atoms with Gasteiger partial charge in [0, 0.05) is 24.6 Å². The molecule has 4 nitrogen and oxygen atoms in total. The summed E-state index contributed by atoms with van der Waals surface area (Å²) >= 11 is 0. The Labute approximate surface area is 109 Å². The van der Waals surface area contributed by atoms with Crippen molar-refractivity contribution >= 4 is 11.7 Å². The molecule has 0 aliphatic rings. The maximum atomic E-state index is 13.1. The van der Waals surface area contributed by atoms with Crippen molar-refractivity contribution in [2.75, 3.05) is 5.32 Å². The smallest absolute Gasteiger partial charge is 0.307 e. The van der Waals surface area contributed by atoms with Crippen molar-refractivity contribution in [2.24, 2.45) is 0 Å². The normalized spacial score (nSPS) is 10.2. The van der Waals surface area contributed by atoms with E-state index in [4.69, 9.17) is 5.11 Å². The van der Waals surface area contributed by atoms with Gasteiger partial charge < -0.3 is 10.4 Å². The summed E-state index contributed by atoms with van der Waals surface area (Å²) in [6.45, 7) is 0.529. The number of carboxylic acid groups (broad SMARTS) is 1. The molecule has 2 rings (SSSR count). The zero-order chi connectivity index (χ0) is 13.7. The van der Waals surface area contributed by atoms with Crippen LogP contribution in [0.15, 0.2) is 42.7 Å². The van der Waals surface area contributed by atoms with Crippen LogP contribution in [0.2, 0.25) is 0 Å². The summed E-state index contributed by atoms with van der Waals surface area (Å²) < 4.78 is 13.1. The SMILES string of the molecule is O=C(O)Cc1cc(F)ccc1NCc1ccncc1. The van der Waals surface area contributed by atoms with Crippen LogP contribution in [0.1, 0.15) is 11.1 Å². The number of halogens is 1. The molecule has 2 aromatic rings. The van der Waals surface area contributed by atoms with Crippen LogP contribution in [0, 0.1) is 5.82 Å². The Morgan fingerprint density at radius 3 is 2.68 bits per heavy atom. The van der Waals surface area contributed by atoms with Gasteiger partial charge in [0.05, 0.1) is 6.42 Å². The van der Waals surface area contributed by atoms with Crippen LogP contribution in [0.3, 0.4) is 0 Å². The number of rotatable bonds is 5. The van der Waals surface area contributed by atoms with E-state index in [-0.39, 0.29) is 6.42 Å². The molecule has 0 aliphatic heterocycles. The van der Waals surface area contributed by atoms with Gasteiger partial charge >= 0.3 is 5.97 Å². The van der Waals surface area contributed by atoms with Gasteiger partial charge in [-0.3, -0.25) is 9.78 Å². The van der Waals surface area contributed by atoms with Crippen LogP contribution in [0.4, 0.5) is 10.1 Å². The first-order valence-electron chi connectivity index (χ1n) is 5.78. The number of hydrogen-bond acceptors (Lipinski definition) is 3. The number of nitrogens with zero attached hydrogens (tertiary/aromatic N) is 1. The molecule has 5 heteroatoms. The zero-order valence-corrected chi connectivity index (χ0v) is 10.1. The number of carbonyl (C=O) groups is 1. The number of benzene rings is 1. The number of anilines is 1. The minimum absolute atomic E-state index is 0.212. The lowest BCUT2D eigenvalue weighted by atomic mass is 10.1. The fourth-order valence-corrected chi connectivity index (χ4v) is 1.74. The molecule has 98 valence electrons. The maximum Gasteiger partial charge on any atom is 0.307 e. The van der Waals surface area contributed by atoms with E-state index in [9.17, 15) is 9.18 Å². The lowest BCUT2D eigenvalue weighted by Crippen LogP contribution is -2.07. The van der Waals surface area contributed by atoms with Crippen LogP contribution in [-0.2, 0) is 17.8 Å². The fourth-order valence-electron chi connectivity index (χ4n) is 1.74. The highest BCUT2D eigenvalue weighted by molar-refractivity contribution is 5.73. The highest BCUT2D eigenvalue weighted by Crippen LogP contribution is 2.18. The molecule has 0 aliphatic carbocycles. The first-order valence-corrected chi connectivity index (χ1v) is 5.78. The van der Waals surface area contributed by atoms with Gasteiger partial charge in [-0.25, -0.2) is 4.39 Å². The third-order valence-electron chi connectivity index (χ3n) is 2.64. The Morgan fingerprint density at radius 1 is 1.26 bits per heavy atom. The predicted molar refractivity (Wildman–Crippen MR) is 69.3 cm³/mol. The standard InChI is InChI=1S/C14H13FN2O2/c15-12-1-2-13(11(7-12)8-14(18)19)17-9-10-3-5-16-6-4-10/h1-7,17H,8-9H2,(H,18,19). The van der Waals surface area contributed by atoms with Crippen LogP contribution in [-0.4, -0.2) is 16.1 Å². The molecule has 0 radical (unpaired) electrons.